The van der Waals surface area contributed by atoms with E-state index in [0.717, 1.165) is 16.9 Å². The molecule has 0 fully saturated rings. The minimum Gasteiger partial charge on any atom is -0.493 e. The number of methoxy groups -OCH3 is 3. The van der Waals surface area contributed by atoms with E-state index in [4.69, 9.17) is 18.9 Å². The third-order valence-corrected chi connectivity index (χ3v) is 3.39. The molecule has 0 aliphatic rings. The lowest BCUT2D eigenvalue weighted by atomic mass is 10.1. The minimum atomic E-state index is -0.263. The van der Waals surface area contributed by atoms with Crippen LogP contribution in [0.5, 0.6) is 11.5 Å². The number of hydrogen-bond acceptors (Lipinski definition) is 4. The van der Waals surface area contributed by atoms with Gasteiger partial charge in [0, 0.05) is 20.6 Å². The molecule has 118 valence electrons. The van der Waals surface area contributed by atoms with Gasteiger partial charge in [0.15, 0.2) is 17.8 Å². The quantitative estimate of drug-likeness (QED) is 0.700. The fourth-order valence-corrected chi connectivity index (χ4v) is 2.15. The molecule has 0 radical (unpaired) electrons. The molecule has 0 N–H and O–H groups in total. The van der Waals surface area contributed by atoms with Gasteiger partial charge in [0.05, 0.1) is 7.11 Å². The Bertz CT molecular complexity index is 565. The summed E-state index contributed by atoms with van der Waals surface area (Å²) >= 11 is 0. The van der Waals surface area contributed by atoms with Gasteiger partial charge in [0.25, 0.3) is 0 Å². The van der Waals surface area contributed by atoms with Gasteiger partial charge in [0.1, 0.15) is 6.61 Å². The van der Waals surface area contributed by atoms with Crippen molar-refractivity contribution in [2.45, 2.75) is 19.3 Å². The Hall–Kier alpha value is -2.04. The molecule has 0 aliphatic carbocycles. The van der Waals surface area contributed by atoms with Gasteiger partial charge in [-0.15, -0.1) is 0 Å². The first-order chi connectivity index (χ1) is 10.8. The molecular formula is C18H22O4. The predicted molar refractivity (Wildman–Crippen MR) is 85.3 cm³/mol. The van der Waals surface area contributed by atoms with Gasteiger partial charge in [-0.1, -0.05) is 36.4 Å². The number of rotatable bonds is 8. The summed E-state index contributed by atoms with van der Waals surface area (Å²) in [7, 11) is 4.89. The van der Waals surface area contributed by atoms with Crippen LogP contribution in [-0.2, 0) is 22.5 Å². The Balaban J connectivity index is 2.05. The van der Waals surface area contributed by atoms with Crippen LogP contribution in [0.1, 0.15) is 11.1 Å². The molecular weight excluding hydrogens is 280 g/mol. The number of benzene rings is 2. The van der Waals surface area contributed by atoms with Crippen molar-refractivity contribution in [3.05, 3.63) is 59.7 Å². The maximum atomic E-state index is 5.84. The fraction of sp³-hybridized carbons (Fsp3) is 0.333. The van der Waals surface area contributed by atoms with E-state index in [1.807, 2.05) is 48.5 Å². The third-order valence-electron chi connectivity index (χ3n) is 3.39. The highest BCUT2D eigenvalue weighted by atomic mass is 16.7. The Morgan fingerprint density at radius 2 is 1.55 bits per heavy atom. The molecule has 2 aromatic rings. The molecule has 0 bridgehead atoms. The SMILES string of the molecule is COc1cc(CC(OC)OC)ccc1OCc1ccccc1. The third kappa shape index (κ3) is 4.48. The van der Waals surface area contributed by atoms with Gasteiger partial charge in [0.2, 0.25) is 0 Å². The summed E-state index contributed by atoms with van der Waals surface area (Å²) in [6, 6.07) is 15.9. The van der Waals surface area contributed by atoms with Gasteiger partial charge >= 0.3 is 0 Å². The van der Waals surface area contributed by atoms with Crippen LogP contribution >= 0.6 is 0 Å². The second-order valence-corrected chi connectivity index (χ2v) is 4.86. The number of ether oxygens (including phenoxy) is 4. The van der Waals surface area contributed by atoms with Crippen LogP contribution < -0.4 is 9.47 Å². The first-order valence-corrected chi connectivity index (χ1v) is 7.16. The summed E-state index contributed by atoms with van der Waals surface area (Å²) in [5.74, 6) is 1.43. The van der Waals surface area contributed by atoms with Gasteiger partial charge < -0.3 is 18.9 Å². The van der Waals surface area contributed by atoms with Crippen LogP contribution in [0.4, 0.5) is 0 Å². The minimum absolute atomic E-state index is 0.263. The Kier molecular flexibility index (Phi) is 6.25. The molecule has 0 unspecified atom stereocenters. The lowest BCUT2D eigenvalue weighted by molar-refractivity contribution is -0.100. The monoisotopic (exact) mass is 302 g/mol. The zero-order valence-electron chi connectivity index (χ0n) is 13.2. The molecule has 0 aromatic heterocycles. The smallest absolute Gasteiger partial charge is 0.161 e. The topological polar surface area (TPSA) is 36.9 Å². The first kappa shape index (κ1) is 16.3. The van der Waals surface area contributed by atoms with Gasteiger partial charge in [-0.3, -0.25) is 0 Å². The summed E-state index contributed by atoms with van der Waals surface area (Å²) in [4.78, 5) is 0. The summed E-state index contributed by atoms with van der Waals surface area (Å²) in [5, 5.41) is 0. The lowest BCUT2D eigenvalue weighted by Gasteiger charge is -2.15. The zero-order valence-corrected chi connectivity index (χ0v) is 13.2. The molecule has 0 saturated carbocycles. The highest BCUT2D eigenvalue weighted by molar-refractivity contribution is 5.43. The molecule has 22 heavy (non-hydrogen) atoms. The molecule has 2 rings (SSSR count). The van der Waals surface area contributed by atoms with Crippen molar-refractivity contribution in [3.63, 3.8) is 0 Å². The van der Waals surface area contributed by atoms with E-state index >= 15 is 0 Å². The highest BCUT2D eigenvalue weighted by Gasteiger charge is 2.10. The van der Waals surface area contributed by atoms with Gasteiger partial charge in [-0.25, -0.2) is 0 Å². The lowest BCUT2D eigenvalue weighted by Crippen LogP contribution is -2.16. The van der Waals surface area contributed by atoms with Crippen molar-refractivity contribution in [1.29, 1.82) is 0 Å². The summed E-state index contributed by atoms with van der Waals surface area (Å²) in [6.07, 6.45) is 0.392. The van der Waals surface area contributed by atoms with Crippen LogP contribution in [-0.4, -0.2) is 27.6 Å². The molecule has 2 aromatic carbocycles. The van der Waals surface area contributed by atoms with Crippen molar-refractivity contribution in [2.75, 3.05) is 21.3 Å². The summed E-state index contributed by atoms with van der Waals surface area (Å²) < 4.78 is 21.7. The standard InChI is InChI=1S/C18H22O4/c1-19-17-11-15(12-18(20-2)21-3)9-10-16(17)22-13-14-7-5-4-6-8-14/h4-11,18H,12-13H2,1-3H3. The highest BCUT2D eigenvalue weighted by Crippen LogP contribution is 2.29. The van der Waals surface area contributed by atoms with Crippen molar-refractivity contribution in [2.24, 2.45) is 0 Å². The predicted octanol–water partition coefficient (Wildman–Crippen LogP) is 3.44. The molecule has 0 saturated heterocycles. The second-order valence-electron chi connectivity index (χ2n) is 4.86. The Morgan fingerprint density at radius 3 is 2.18 bits per heavy atom. The molecule has 4 nitrogen and oxygen atoms in total. The van der Waals surface area contributed by atoms with E-state index in [0.29, 0.717) is 18.8 Å². The van der Waals surface area contributed by atoms with E-state index < -0.39 is 0 Å². The number of hydrogen-bond donors (Lipinski definition) is 0. The second kappa shape index (κ2) is 8.41. The van der Waals surface area contributed by atoms with E-state index in [-0.39, 0.29) is 6.29 Å². The Morgan fingerprint density at radius 1 is 0.818 bits per heavy atom. The van der Waals surface area contributed by atoms with E-state index in [2.05, 4.69) is 0 Å². The van der Waals surface area contributed by atoms with E-state index in [1.54, 1.807) is 21.3 Å². The van der Waals surface area contributed by atoms with Gasteiger partial charge in [-0.05, 0) is 23.3 Å². The normalized spacial score (nSPS) is 10.7. The maximum Gasteiger partial charge on any atom is 0.161 e. The fourth-order valence-electron chi connectivity index (χ4n) is 2.15. The summed E-state index contributed by atoms with van der Waals surface area (Å²) in [5.41, 5.74) is 2.19. The Labute approximate surface area is 131 Å². The van der Waals surface area contributed by atoms with Crippen molar-refractivity contribution in [1.82, 2.24) is 0 Å². The molecule has 0 heterocycles. The molecule has 0 aliphatic heterocycles. The molecule has 0 spiro atoms. The van der Waals surface area contributed by atoms with Gasteiger partial charge in [-0.2, -0.15) is 0 Å². The van der Waals surface area contributed by atoms with Crippen LogP contribution in [0.3, 0.4) is 0 Å². The van der Waals surface area contributed by atoms with E-state index in [9.17, 15) is 0 Å². The van der Waals surface area contributed by atoms with Crippen molar-refractivity contribution in [3.8, 4) is 11.5 Å². The molecule has 0 amide bonds. The van der Waals surface area contributed by atoms with Crippen LogP contribution in [0, 0.1) is 0 Å². The molecule has 0 atom stereocenters. The average Bonchev–Trinajstić information content (AvgIpc) is 2.59. The van der Waals surface area contributed by atoms with Crippen molar-refractivity contribution < 1.29 is 18.9 Å². The molecule has 4 heteroatoms. The summed E-state index contributed by atoms with van der Waals surface area (Å²) in [6.45, 7) is 0.509. The van der Waals surface area contributed by atoms with Crippen LogP contribution in [0.25, 0.3) is 0 Å². The maximum absolute atomic E-state index is 5.84. The zero-order chi connectivity index (χ0) is 15.8. The van der Waals surface area contributed by atoms with Crippen LogP contribution in [0.2, 0.25) is 0 Å². The van der Waals surface area contributed by atoms with Crippen molar-refractivity contribution >= 4 is 0 Å². The largest absolute Gasteiger partial charge is 0.493 e. The first-order valence-electron chi connectivity index (χ1n) is 7.16. The van der Waals surface area contributed by atoms with Crippen LogP contribution in [0.15, 0.2) is 48.5 Å². The van der Waals surface area contributed by atoms with E-state index in [1.165, 1.54) is 0 Å². The average molecular weight is 302 g/mol.